The lowest BCUT2D eigenvalue weighted by atomic mass is 10.4. The molecular weight excluding hydrogens is 194 g/mol. The van der Waals surface area contributed by atoms with Gasteiger partial charge in [-0.2, -0.15) is 0 Å². The summed E-state index contributed by atoms with van der Waals surface area (Å²) in [5.41, 5.74) is -0.179. The lowest BCUT2D eigenvalue weighted by molar-refractivity contribution is 0.231. The van der Waals surface area contributed by atoms with Crippen LogP contribution in [0, 0.1) is 0 Å². The third kappa shape index (κ3) is 3.06. The number of nitrogens with zero attached hydrogens (tertiary/aromatic N) is 2. The number of aromatic amines is 1. The van der Waals surface area contributed by atoms with Gasteiger partial charge >= 0.3 is 0 Å². The van der Waals surface area contributed by atoms with Gasteiger partial charge < -0.3 is 9.72 Å². The molecule has 1 aromatic rings. The zero-order valence-electron chi connectivity index (χ0n) is 8.61. The molecular formula is C10H15N3O2. The predicted molar refractivity (Wildman–Crippen MR) is 56.0 cm³/mol. The molecule has 0 bridgehead atoms. The standard InChI is InChI=1S/C10H15N3O2/c14-9-7-10(12-8-11-9)15-6-5-13-3-1-2-4-13/h7-8H,1-6H2,(H,11,12,14). The van der Waals surface area contributed by atoms with Gasteiger partial charge in [0.05, 0.1) is 12.4 Å². The first kappa shape index (κ1) is 10.2. The molecule has 1 aliphatic rings. The Morgan fingerprint density at radius 1 is 1.47 bits per heavy atom. The van der Waals surface area contributed by atoms with E-state index in [1.54, 1.807) is 0 Å². The maximum atomic E-state index is 10.9. The van der Waals surface area contributed by atoms with Crippen molar-refractivity contribution in [3.8, 4) is 5.88 Å². The number of rotatable bonds is 4. The van der Waals surface area contributed by atoms with Gasteiger partial charge in [-0.25, -0.2) is 4.98 Å². The van der Waals surface area contributed by atoms with Crippen molar-refractivity contribution in [1.29, 1.82) is 0 Å². The third-order valence-electron chi connectivity index (χ3n) is 2.51. The average Bonchev–Trinajstić information content (AvgIpc) is 2.71. The molecule has 1 fully saturated rings. The predicted octanol–water partition coefficient (Wildman–Crippen LogP) is 0.244. The highest BCUT2D eigenvalue weighted by Crippen LogP contribution is 2.06. The number of hydrogen-bond acceptors (Lipinski definition) is 4. The Hall–Kier alpha value is -1.36. The molecule has 2 heterocycles. The van der Waals surface area contributed by atoms with Crippen LogP contribution in [0.1, 0.15) is 12.8 Å². The zero-order chi connectivity index (χ0) is 10.5. The van der Waals surface area contributed by atoms with Crippen molar-refractivity contribution in [2.45, 2.75) is 12.8 Å². The van der Waals surface area contributed by atoms with E-state index in [-0.39, 0.29) is 5.56 Å². The van der Waals surface area contributed by atoms with Crippen LogP contribution in [0.4, 0.5) is 0 Å². The highest BCUT2D eigenvalue weighted by atomic mass is 16.5. The van der Waals surface area contributed by atoms with E-state index in [9.17, 15) is 4.79 Å². The van der Waals surface area contributed by atoms with Gasteiger partial charge in [0, 0.05) is 6.54 Å². The second-order valence-corrected chi connectivity index (χ2v) is 3.65. The molecule has 0 atom stereocenters. The molecule has 1 saturated heterocycles. The number of nitrogens with one attached hydrogen (secondary N) is 1. The molecule has 5 nitrogen and oxygen atoms in total. The first-order chi connectivity index (χ1) is 7.34. The number of likely N-dealkylation sites (tertiary alicyclic amines) is 1. The summed E-state index contributed by atoms with van der Waals surface area (Å²) in [6, 6.07) is 1.37. The Morgan fingerprint density at radius 2 is 2.27 bits per heavy atom. The number of aromatic nitrogens is 2. The first-order valence-electron chi connectivity index (χ1n) is 5.24. The fourth-order valence-electron chi connectivity index (χ4n) is 1.72. The Labute approximate surface area is 88.1 Å². The Bertz CT molecular complexity index is 358. The maximum Gasteiger partial charge on any atom is 0.254 e. The molecule has 0 saturated carbocycles. The minimum atomic E-state index is -0.179. The van der Waals surface area contributed by atoms with Crippen molar-refractivity contribution in [3.05, 3.63) is 22.7 Å². The van der Waals surface area contributed by atoms with Gasteiger partial charge in [0.15, 0.2) is 0 Å². The summed E-state index contributed by atoms with van der Waals surface area (Å²) in [4.78, 5) is 19.6. The van der Waals surface area contributed by atoms with Crippen LogP contribution in [0.5, 0.6) is 5.88 Å². The molecule has 2 rings (SSSR count). The van der Waals surface area contributed by atoms with Crippen LogP contribution in [0.3, 0.4) is 0 Å². The molecule has 82 valence electrons. The van der Waals surface area contributed by atoms with Crippen molar-refractivity contribution < 1.29 is 4.74 Å². The van der Waals surface area contributed by atoms with Crippen LogP contribution in [0.15, 0.2) is 17.2 Å². The second-order valence-electron chi connectivity index (χ2n) is 3.65. The number of hydrogen-bond donors (Lipinski definition) is 1. The zero-order valence-corrected chi connectivity index (χ0v) is 8.61. The average molecular weight is 209 g/mol. The normalized spacial score (nSPS) is 16.8. The van der Waals surface area contributed by atoms with E-state index in [1.165, 1.54) is 25.2 Å². The van der Waals surface area contributed by atoms with E-state index < -0.39 is 0 Å². The van der Waals surface area contributed by atoms with E-state index in [0.717, 1.165) is 19.6 Å². The quantitative estimate of drug-likeness (QED) is 0.772. The van der Waals surface area contributed by atoms with Gasteiger partial charge in [0.25, 0.3) is 5.56 Å². The summed E-state index contributed by atoms with van der Waals surface area (Å²) in [6.07, 6.45) is 3.92. The van der Waals surface area contributed by atoms with Gasteiger partial charge in [0.1, 0.15) is 6.61 Å². The van der Waals surface area contributed by atoms with Crippen molar-refractivity contribution in [3.63, 3.8) is 0 Å². The number of ether oxygens (including phenoxy) is 1. The summed E-state index contributed by atoms with van der Waals surface area (Å²) in [6.45, 7) is 3.82. The third-order valence-corrected chi connectivity index (χ3v) is 2.51. The fraction of sp³-hybridized carbons (Fsp3) is 0.600. The SMILES string of the molecule is O=c1cc(OCCN2CCCC2)nc[nH]1. The van der Waals surface area contributed by atoms with Crippen LogP contribution < -0.4 is 10.3 Å². The van der Waals surface area contributed by atoms with E-state index in [0.29, 0.717) is 12.5 Å². The van der Waals surface area contributed by atoms with Gasteiger partial charge in [-0.15, -0.1) is 0 Å². The molecule has 0 amide bonds. The first-order valence-corrected chi connectivity index (χ1v) is 5.24. The molecule has 1 aromatic heterocycles. The molecule has 1 aliphatic heterocycles. The number of H-pyrrole nitrogens is 1. The van der Waals surface area contributed by atoms with E-state index >= 15 is 0 Å². The minimum absolute atomic E-state index is 0.179. The molecule has 15 heavy (non-hydrogen) atoms. The van der Waals surface area contributed by atoms with E-state index in [2.05, 4.69) is 14.9 Å². The van der Waals surface area contributed by atoms with Crippen molar-refractivity contribution in [2.75, 3.05) is 26.2 Å². The van der Waals surface area contributed by atoms with Gasteiger partial charge in [-0.05, 0) is 25.9 Å². The fourth-order valence-corrected chi connectivity index (χ4v) is 1.72. The lowest BCUT2D eigenvalue weighted by Crippen LogP contribution is -2.25. The largest absolute Gasteiger partial charge is 0.476 e. The van der Waals surface area contributed by atoms with E-state index in [1.807, 2.05) is 0 Å². The summed E-state index contributed by atoms with van der Waals surface area (Å²) < 4.78 is 5.38. The lowest BCUT2D eigenvalue weighted by Gasteiger charge is -2.14. The van der Waals surface area contributed by atoms with Gasteiger partial charge in [-0.1, -0.05) is 0 Å². The van der Waals surface area contributed by atoms with Crippen LogP contribution in [0.2, 0.25) is 0 Å². The van der Waals surface area contributed by atoms with Crippen molar-refractivity contribution in [1.82, 2.24) is 14.9 Å². The van der Waals surface area contributed by atoms with Crippen molar-refractivity contribution >= 4 is 0 Å². The summed E-state index contributed by atoms with van der Waals surface area (Å²) in [5.74, 6) is 0.401. The van der Waals surface area contributed by atoms with Crippen LogP contribution in [-0.2, 0) is 0 Å². The Balaban J connectivity index is 1.75. The Morgan fingerprint density at radius 3 is 3.00 bits per heavy atom. The summed E-state index contributed by atoms with van der Waals surface area (Å²) >= 11 is 0. The Kier molecular flexibility index (Phi) is 3.34. The molecule has 0 aromatic carbocycles. The summed E-state index contributed by atoms with van der Waals surface area (Å²) in [5, 5.41) is 0. The van der Waals surface area contributed by atoms with Crippen LogP contribution >= 0.6 is 0 Å². The monoisotopic (exact) mass is 209 g/mol. The van der Waals surface area contributed by atoms with E-state index in [4.69, 9.17) is 4.74 Å². The molecule has 0 unspecified atom stereocenters. The molecule has 0 aliphatic carbocycles. The molecule has 0 spiro atoms. The van der Waals surface area contributed by atoms with Gasteiger partial charge in [-0.3, -0.25) is 9.69 Å². The highest BCUT2D eigenvalue weighted by molar-refractivity contribution is 5.04. The summed E-state index contributed by atoms with van der Waals surface area (Å²) in [7, 11) is 0. The molecule has 5 heteroatoms. The van der Waals surface area contributed by atoms with Crippen molar-refractivity contribution in [2.24, 2.45) is 0 Å². The topological polar surface area (TPSA) is 58.2 Å². The van der Waals surface area contributed by atoms with Gasteiger partial charge in [0.2, 0.25) is 5.88 Å². The minimum Gasteiger partial charge on any atom is -0.476 e. The second kappa shape index (κ2) is 4.93. The molecule has 1 N–H and O–H groups in total. The van der Waals surface area contributed by atoms with Crippen LogP contribution in [0.25, 0.3) is 0 Å². The van der Waals surface area contributed by atoms with Crippen LogP contribution in [-0.4, -0.2) is 41.1 Å². The smallest absolute Gasteiger partial charge is 0.254 e. The maximum absolute atomic E-state index is 10.9. The molecule has 0 radical (unpaired) electrons. The highest BCUT2D eigenvalue weighted by Gasteiger charge is 2.10.